The Morgan fingerprint density at radius 3 is 2.92 bits per heavy atom. The zero-order valence-corrected chi connectivity index (χ0v) is 16.0. The third-order valence-corrected chi connectivity index (χ3v) is 4.31. The standard InChI is InChI=1S/C19H13ClINO3/c1-2-8-24-14-5-3-4-12(9-14)10-17-19(23)25-18(22-17)15-11-13(21)6-7-16(15)20/h2-7,9-11H,1,8H2/b17-10-. The molecule has 0 amide bonds. The summed E-state index contributed by atoms with van der Waals surface area (Å²) in [5.41, 5.74) is 1.59. The second-order valence-corrected chi connectivity index (χ2v) is 6.79. The molecule has 2 aromatic carbocycles. The molecule has 6 heteroatoms. The smallest absolute Gasteiger partial charge is 0.363 e. The van der Waals surface area contributed by atoms with Gasteiger partial charge in [0.2, 0.25) is 5.90 Å². The average molecular weight is 466 g/mol. The summed E-state index contributed by atoms with van der Waals surface area (Å²) in [6, 6.07) is 12.8. The van der Waals surface area contributed by atoms with Gasteiger partial charge in [-0.05, 0) is 64.6 Å². The number of benzene rings is 2. The average Bonchev–Trinajstić information content (AvgIpc) is 2.96. The molecule has 1 heterocycles. The first kappa shape index (κ1) is 17.7. The lowest BCUT2D eigenvalue weighted by molar-refractivity contribution is -0.129. The van der Waals surface area contributed by atoms with E-state index in [1.807, 2.05) is 36.4 Å². The van der Waals surface area contributed by atoms with Gasteiger partial charge >= 0.3 is 5.97 Å². The fourth-order valence-corrected chi connectivity index (χ4v) is 2.88. The number of ether oxygens (including phenoxy) is 2. The van der Waals surface area contributed by atoms with Gasteiger partial charge < -0.3 is 9.47 Å². The van der Waals surface area contributed by atoms with E-state index >= 15 is 0 Å². The van der Waals surface area contributed by atoms with Gasteiger partial charge in [0.15, 0.2) is 5.70 Å². The predicted octanol–water partition coefficient (Wildman–Crippen LogP) is 4.85. The molecule has 0 saturated heterocycles. The van der Waals surface area contributed by atoms with Crippen molar-refractivity contribution in [1.29, 1.82) is 0 Å². The Hall–Kier alpha value is -2.12. The first-order valence-electron chi connectivity index (χ1n) is 7.38. The Morgan fingerprint density at radius 2 is 2.12 bits per heavy atom. The molecule has 0 spiro atoms. The third-order valence-electron chi connectivity index (χ3n) is 3.31. The molecular weight excluding hydrogens is 453 g/mol. The van der Waals surface area contributed by atoms with E-state index in [0.29, 0.717) is 22.9 Å². The monoisotopic (exact) mass is 465 g/mol. The van der Waals surface area contributed by atoms with Crippen molar-refractivity contribution in [1.82, 2.24) is 0 Å². The number of hydrogen-bond donors (Lipinski definition) is 0. The highest BCUT2D eigenvalue weighted by Gasteiger charge is 2.25. The summed E-state index contributed by atoms with van der Waals surface area (Å²) in [5.74, 6) is 0.381. The van der Waals surface area contributed by atoms with Crippen LogP contribution in [-0.2, 0) is 9.53 Å². The van der Waals surface area contributed by atoms with Gasteiger partial charge in [-0.15, -0.1) is 0 Å². The summed E-state index contributed by atoms with van der Waals surface area (Å²) in [6.45, 7) is 4.03. The molecule has 3 rings (SSSR count). The number of carbonyl (C=O) groups is 1. The van der Waals surface area contributed by atoms with Crippen molar-refractivity contribution in [2.24, 2.45) is 4.99 Å². The number of aliphatic imine (C=N–C) groups is 1. The molecule has 0 unspecified atom stereocenters. The molecule has 0 radical (unpaired) electrons. The van der Waals surface area contributed by atoms with Gasteiger partial charge in [-0.1, -0.05) is 36.4 Å². The van der Waals surface area contributed by atoms with Gasteiger partial charge in [0, 0.05) is 3.57 Å². The molecule has 0 N–H and O–H groups in total. The van der Waals surface area contributed by atoms with Crippen LogP contribution in [0.25, 0.3) is 6.08 Å². The van der Waals surface area contributed by atoms with Crippen molar-refractivity contribution >= 4 is 52.1 Å². The molecule has 0 fully saturated rings. The van der Waals surface area contributed by atoms with E-state index in [2.05, 4.69) is 34.2 Å². The molecule has 25 heavy (non-hydrogen) atoms. The summed E-state index contributed by atoms with van der Waals surface area (Å²) in [7, 11) is 0. The first-order valence-corrected chi connectivity index (χ1v) is 8.84. The summed E-state index contributed by atoms with van der Waals surface area (Å²) in [4.78, 5) is 16.4. The topological polar surface area (TPSA) is 47.9 Å². The Bertz CT molecular complexity index is 905. The van der Waals surface area contributed by atoms with Gasteiger partial charge in [0.25, 0.3) is 0 Å². The molecular formula is C19H13ClINO3. The van der Waals surface area contributed by atoms with Gasteiger partial charge in [0.05, 0.1) is 10.6 Å². The van der Waals surface area contributed by atoms with Crippen LogP contribution in [-0.4, -0.2) is 18.5 Å². The van der Waals surface area contributed by atoms with Gasteiger partial charge in [0.1, 0.15) is 12.4 Å². The van der Waals surface area contributed by atoms with Gasteiger partial charge in [-0.3, -0.25) is 0 Å². The third kappa shape index (κ3) is 4.29. The van der Waals surface area contributed by atoms with Crippen molar-refractivity contribution in [3.8, 4) is 5.75 Å². The predicted molar refractivity (Wildman–Crippen MR) is 107 cm³/mol. The van der Waals surface area contributed by atoms with Crippen molar-refractivity contribution in [3.63, 3.8) is 0 Å². The van der Waals surface area contributed by atoms with Crippen molar-refractivity contribution < 1.29 is 14.3 Å². The zero-order valence-electron chi connectivity index (χ0n) is 13.0. The Morgan fingerprint density at radius 1 is 1.28 bits per heavy atom. The van der Waals surface area contributed by atoms with Crippen molar-refractivity contribution in [2.45, 2.75) is 0 Å². The Labute approximate surface area is 164 Å². The highest BCUT2D eigenvalue weighted by atomic mass is 127. The van der Waals surface area contributed by atoms with Crippen LogP contribution in [0.4, 0.5) is 0 Å². The minimum atomic E-state index is -0.512. The number of carbonyl (C=O) groups excluding carboxylic acids is 1. The normalized spacial score (nSPS) is 15.0. The van der Waals surface area contributed by atoms with E-state index in [1.54, 1.807) is 18.2 Å². The van der Waals surface area contributed by atoms with Crippen LogP contribution in [0.15, 0.2) is 65.8 Å². The number of hydrogen-bond acceptors (Lipinski definition) is 4. The van der Waals surface area contributed by atoms with E-state index in [4.69, 9.17) is 21.1 Å². The molecule has 0 bridgehead atoms. The highest BCUT2D eigenvalue weighted by Crippen LogP contribution is 2.26. The lowest BCUT2D eigenvalue weighted by atomic mass is 10.2. The van der Waals surface area contributed by atoms with Crippen LogP contribution >= 0.6 is 34.2 Å². The first-order chi connectivity index (χ1) is 12.1. The molecule has 0 aliphatic carbocycles. The van der Waals surface area contributed by atoms with E-state index in [0.717, 1.165) is 9.13 Å². The minimum absolute atomic E-state index is 0.207. The maximum atomic E-state index is 12.1. The molecule has 126 valence electrons. The second-order valence-electron chi connectivity index (χ2n) is 5.13. The fourth-order valence-electron chi connectivity index (χ4n) is 2.19. The summed E-state index contributed by atoms with van der Waals surface area (Å²) < 4.78 is 11.7. The SMILES string of the molecule is C=CCOc1cccc(/C=C2\N=C(c3cc(I)ccc3Cl)OC2=O)c1. The number of rotatable bonds is 5. The van der Waals surface area contributed by atoms with E-state index in [1.165, 1.54) is 0 Å². The van der Waals surface area contributed by atoms with E-state index in [9.17, 15) is 4.79 Å². The molecule has 1 aliphatic rings. The van der Waals surface area contributed by atoms with Crippen LogP contribution in [0.1, 0.15) is 11.1 Å². The largest absolute Gasteiger partial charge is 0.490 e. The number of cyclic esters (lactones) is 1. The van der Waals surface area contributed by atoms with Crippen LogP contribution < -0.4 is 4.74 Å². The Kier molecular flexibility index (Phi) is 5.55. The summed E-state index contributed by atoms with van der Waals surface area (Å²) >= 11 is 8.34. The van der Waals surface area contributed by atoms with Crippen LogP contribution in [0, 0.1) is 3.57 Å². The second kappa shape index (κ2) is 7.84. The van der Waals surface area contributed by atoms with Gasteiger partial charge in [-0.2, -0.15) is 0 Å². The van der Waals surface area contributed by atoms with Crippen LogP contribution in [0.2, 0.25) is 5.02 Å². The summed E-state index contributed by atoms with van der Waals surface area (Å²) in [6.07, 6.45) is 3.32. The lowest BCUT2D eigenvalue weighted by Gasteiger charge is -2.03. The van der Waals surface area contributed by atoms with Crippen LogP contribution in [0.5, 0.6) is 5.75 Å². The van der Waals surface area contributed by atoms with E-state index in [-0.39, 0.29) is 11.6 Å². The highest BCUT2D eigenvalue weighted by molar-refractivity contribution is 14.1. The molecule has 4 nitrogen and oxygen atoms in total. The fraction of sp³-hybridized carbons (Fsp3) is 0.0526. The van der Waals surface area contributed by atoms with Gasteiger partial charge in [-0.25, -0.2) is 9.79 Å². The van der Waals surface area contributed by atoms with Crippen molar-refractivity contribution in [3.05, 3.63) is 80.5 Å². The van der Waals surface area contributed by atoms with E-state index < -0.39 is 5.97 Å². The molecule has 0 aromatic heterocycles. The zero-order chi connectivity index (χ0) is 17.8. The summed E-state index contributed by atoms with van der Waals surface area (Å²) in [5, 5.41) is 0.480. The molecule has 2 aromatic rings. The van der Waals surface area contributed by atoms with Crippen LogP contribution in [0.3, 0.4) is 0 Å². The van der Waals surface area contributed by atoms with Crippen molar-refractivity contribution in [2.75, 3.05) is 6.61 Å². The number of nitrogens with zero attached hydrogens (tertiary/aromatic N) is 1. The number of esters is 1. The molecule has 0 atom stereocenters. The maximum absolute atomic E-state index is 12.1. The number of halogens is 2. The lowest BCUT2D eigenvalue weighted by Crippen LogP contribution is -2.06. The molecule has 0 saturated carbocycles. The Balaban J connectivity index is 1.91. The molecule has 1 aliphatic heterocycles. The maximum Gasteiger partial charge on any atom is 0.363 e. The minimum Gasteiger partial charge on any atom is -0.490 e. The quantitative estimate of drug-likeness (QED) is 0.274.